The number of hydrogen-bond acceptors (Lipinski definition) is 2. The first-order valence-electron chi connectivity index (χ1n) is 6.95. The van der Waals surface area contributed by atoms with Gasteiger partial charge in [-0.05, 0) is 57.6 Å². The largest absolute Gasteiger partial charge is 0.388 e. The minimum Gasteiger partial charge on any atom is -0.388 e. The van der Waals surface area contributed by atoms with Crippen LogP contribution in [0.2, 0.25) is 5.02 Å². The van der Waals surface area contributed by atoms with Crippen LogP contribution in [0.4, 0.5) is 0 Å². The summed E-state index contributed by atoms with van der Waals surface area (Å²) in [6, 6.07) is 13.9. The highest BCUT2D eigenvalue weighted by Crippen LogP contribution is 2.45. The lowest BCUT2D eigenvalue weighted by atomic mass is 9.76. The lowest BCUT2D eigenvalue weighted by molar-refractivity contribution is 0.0358. The smallest absolute Gasteiger partial charge is 0.0865 e. The van der Waals surface area contributed by atoms with Crippen LogP contribution in [0.3, 0.4) is 0 Å². The molecule has 0 aliphatic heterocycles. The van der Waals surface area contributed by atoms with Crippen molar-refractivity contribution < 1.29 is 5.11 Å². The molecule has 0 bridgehead atoms. The normalized spacial score (nSPS) is 17.5. The van der Waals surface area contributed by atoms with Gasteiger partial charge in [0.25, 0.3) is 0 Å². The minimum atomic E-state index is -0.625. The van der Waals surface area contributed by atoms with Crippen molar-refractivity contribution in [2.75, 3.05) is 6.54 Å². The summed E-state index contributed by atoms with van der Waals surface area (Å²) in [5.74, 6) is 0. The van der Waals surface area contributed by atoms with E-state index in [9.17, 15) is 5.11 Å². The van der Waals surface area contributed by atoms with Crippen LogP contribution in [0.25, 0.3) is 0 Å². The van der Waals surface area contributed by atoms with Gasteiger partial charge in [-0.25, -0.2) is 0 Å². The van der Waals surface area contributed by atoms with E-state index < -0.39 is 6.10 Å². The molecule has 1 aliphatic rings. The molecule has 3 rings (SSSR count). The predicted octanol–water partition coefficient (Wildman–Crippen LogP) is 3.88. The molecule has 0 spiro atoms. The van der Waals surface area contributed by atoms with Gasteiger partial charge in [-0.3, -0.25) is 0 Å². The molecule has 110 valence electrons. The molecular weight excluding hydrogens is 350 g/mol. The van der Waals surface area contributed by atoms with Gasteiger partial charge in [0.05, 0.1) is 11.1 Å². The van der Waals surface area contributed by atoms with E-state index in [0.717, 1.165) is 22.9 Å². The Morgan fingerprint density at radius 1 is 1.19 bits per heavy atom. The summed E-state index contributed by atoms with van der Waals surface area (Å²) in [6.45, 7) is 0.441. The minimum absolute atomic E-state index is 0.346. The molecule has 0 amide bonds. The second-order valence-corrected chi connectivity index (χ2v) is 7.03. The molecule has 2 aromatic carbocycles. The molecule has 21 heavy (non-hydrogen) atoms. The average molecular weight is 367 g/mol. The van der Waals surface area contributed by atoms with Gasteiger partial charge in [-0.1, -0.05) is 41.9 Å². The number of hydrogen-bond donors (Lipinski definition) is 2. The Morgan fingerprint density at radius 2 is 1.81 bits per heavy atom. The molecule has 0 radical (unpaired) electrons. The maximum absolute atomic E-state index is 10.9. The monoisotopic (exact) mass is 365 g/mol. The van der Waals surface area contributed by atoms with Crippen molar-refractivity contribution in [3.8, 4) is 0 Å². The van der Waals surface area contributed by atoms with E-state index in [0.29, 0.717) is 11.6 Å². The number of rotatable bonds is 3. The van der Waals surface area contributed by atoms with Gasteiger partial charge in [0, 0.05) is 16.4 Å². The van der Waals surface area contributed by atoms with E-state index in [-0.39, 0.29) is 5.41 Å². The highest BCUT2D eigenvalue weighted by atomic mass is 79.9. The standard InChI is InChI=1S/C17H17BrClNO/c18-14-6-5-11(7-15(14)19)16(21)17(10-20)8-12-3-1-2-4-13(12)9-17/h1-7,16,21H,8-10,20H2. The van der Waals surface area contributed by atoms with E-state index >= 15 is 0 Å². The third-order valence-electron chi connectivity index (χ3n) is 4.45. The first kappa shape index (κ1) is 15.0. The van der Waals surface area contributed by atoms with Crippen LogP contribution in [0.5, 0.6) is 0 Å². The lowest BCUT2D eigenvalue weighted by Gasteiger charge is -2.33. The van der Waals surface area contributed by atoms with E-state index in [2.05, 4.69) is 28.1 Å². The van der Waals surface area contributed by atoms with Gasteiger partial charge in [0.15, 0.2) is 0 Å². The molecule has 0 aromatic heterocycles. The van der Waals surface area contributed by atoms with Crippen LogP contribution in [-0.4, -0.2) is 11.7 Å². The molecule has 4 heteroatoms. The van der Waals surface area contributed by atoms with Crippen LogP contribution in [-0.2, 0) is 12.8 Å². The van der Waals surface area contributed by atoms with Crippen molar-refractivity contribution in [2.24, 2.45) is 11.1 Å². The summed E-state index contributed by atoms with van der Waals surface area (Å²) in [5, 5.41) is 11.5. The molecule has 2 aromatic rings. The number of aliphatic hydroxyl groups is 1. The zero-order chi connectivity index (χ0) is 15.0. The maximum atomic E-state index is 10.9. The summed E-state index contributed by atoms with van der Waals surface area (Å²) < 4.78 is 0.830. The van der Waals surface area contributed by atoms with Crippen LogP contribution >= 0.6 is 27.5 Å². The summed E-state index contributed by atoms with van der Waals surface area (Å²) in [6.07, 6.45) is 0.976. The molecule has 0 saturated carbocycles. The van der Waals surface area contributed by atoms with E-state index in [4.69, 9.17) is 17.3 Å². The summed E-state index contributed by atoms with van der Waals surface area (Å²) >= 11 is 9.53. The van der Waals surface area contributed by atoms with Crippen molar-refractivity contribution in [2.45, 2.75) is 18.9 Å². The Bertz CT molecular complexity index is 649. The predicted molar refractivity (Wildman–Crippen MR) is 89.4 cm³/mol. The Kier molecular flexibility index (Phi) is 4.10. The van der Waals surface area contributed by atoms with Crippen molar-refractivity contribution in [3.05, 3.63) is 68.7 Å². The van der Waals surface area contributed by atoms with Gasteiger partial charge in [0.2, 0.25) is 0 Å². The number of fused-ring (bicyclic) bond motifs is 1. The van der Waals surface area contributed by atoms with Crippen LogP contribution in [0.1, 0.15) is 22.8 Å². The molecule has 1 aliphatic carbocycles. The summed E-state index contributed by atoms with van der Waals surface area (Å²) in [5.41, 5.74) is 9.09. The molecule has 1 atom stereocenters. The number of benzene rings is 2. The van der Waals surface area contributed by atoms with E-state index in [1.807, 2.05) is 30.3 Å². The fourth-order valence-corrected chi connectivity index (χ4v) is 3.64. The first-order valence-corrected chi connectivity index (χ1v) is 8.13. The van der Waals surface area contributed by atoms with Crippen LogP contribution in [0.15, 0.2) is 46.9 Å². The quantitative estimate of drug-likeness (QED) is 0.866. The van der Waals surface area contributed by atoms with Crippen molar-refractivity contribution in [1.29, 1.82) is 0 Å². The second-order valence-electron chi connectivity index (χ2n) is 5.76. The van der Waals surface area contributed by atoms with Crippen molar-refractivity contribution in [3.63, 3.8) is 0 Å². The van der Waals surface area contributed by atoms with Gasteiger partial charge >= 0.3 is 0 Å². The SMILES string of the molecule is NCC1(C(O)c2ccc(Br)c(Cl)c2)Cc2ccccc2C1. The number of nitrogens with two attached hydrogens (primary N) is 1. The second kappa shape index (κ2) is 5.73. The zero-order valence-electron chi connectivity index (χ0n) is 11.5. The van der Waals surface area contributed by atoms with E-state index in [1.165, 1.54) is 11.1 Å². The maximum Gasteiger partial charge on any atom is 0.0865 e. The van der Waals surface area contributed by atoms with Gasteiger partial charge in [-0.15, -0.1) is 0 Å². The molecule has 0 heterocycles. The first-order chi connectivity index (χ1) is 10.1. The zero-order valence-corrected chi connectivity index (χ0v) is 13.9. The van der Waals surface area contributed by atoms with Crippen LogP contribution < -0.4 is 5.73 Å². The molecule has 3 N–H and O–H groups in total. The molecular formula is C17H17BrClNO. The number of aliphatic hydroxyl groups excluding tert-OH is 1. The third kappa shape index (κ3) is 2.64. The fraction of sp³-hybridized carbons (Fsp3) is 0.294. The fourth-order valence-electron chi connectivity index (χ4n) is 3.21. The van der Waals surface area contributed by atoms with Gasteiger partial charge < -0.3 is 10.8 Å². The molecule has 2 nitrogen and oxygen atoms in total. The van der Waals surface area contributed by atoms with Crippen LogP contribution in [0, 0.1) is 5.41 Å². The Hall–Kier alpha value is -0.870. The topological polar surface area (TPSA) is 46.2 Å². The molecule has 0 saturated heterocycles. The Balaban J connectivity index is 1.95. The van der Waals surface area contributed by atoms with Gasteiger partial charge in [0.1, 0.15) is 0 Å². The van der Waals surface area contributed by atoms with Crippen molar-refractivity contribution in [1.82, 2.24) is 0 Å². The lowest BCUT2D eigenvalue weighted by Crippen LogP contribution is -2.37. The van der Waals surface area contributed by atoms with Crippen molar-refractivity contribution >= 4 is 27.5 Å². The molecule has 0 fully saturated rings. The Morgan fingerprint density at radius 3 is 2.33 bits per heavy atom. The summed E-state index contributed by atoms with van der Waals surface area (Å²) in [4.78, 5) is 0. The van der Waals surface area contributed by atoms with E-state index in [1.54, 1.807) is 0 Å². The molecule has 1 unspecified atom stereocenters. The average Bonchev–Trinajstić information content (AvgIpc) is 2.89. The number of halogens is 2. The summed E-state index contributed by atoms with van der Waals surface area (Å²) in [7, 11) is 0. The van der Waals surface area contributed by atoms with Gasteiger partial charge in [-0.2, -0.15) is 0 Å². The Labute approximate surface area is 138 Å². The highest BCUT2D eigenvalue weighted by molar-refractivity contribution is 9.10. The third-order valence-corrected chi connectivity index (χ3v) is 5.68. The highest BCUT2D eigenvalue weighted by Gasteiger charge is 2.42.